The zero-order chi connectivity index (χ0) is 12.6. The Bertz CT molecular complexity index is 458. The molecule has 2 fully saturated rings. The van der Waals surface area contributed by atoms with E-state index in [0.29, 0.717) is 18.1 Å². The predicted octanol–water partition coefficient (Wildman–Crippen LogP) is 2.82. The highest BCUT2D eigenvalue weighted by Crippen LogP contribution is 2.54. The van der Waals surface area contributed by atoms with Crippen molar-refractivity contribution in [1.82, 2.24) is 4.90 Å². The maximum absolute atomic E-state index is 6.25. The van der Waals surface area contributed by atoms with Crippen molar-refractivity contribution in [3.8, 4) is 12.3 Å². The van der Waals surface area contributed by atoms with Gasteiger partial charge in [-0.1, -0.05) is 36.3 Å². The highest BCUT2D eigenvalue weighted by Gasteiger charge is 2.53. The molecule has 2 unspecified atom stereocenters. The summed E-state index contributed by atoms with van der Waals surface area (Å²) in [6.07, 6.45) is 8.39. The molecule has 1 aromatic carbocycles. The SMILES string of the molecule is C#CCN1CC2(CC2)C(C)OC1c1ccccc1. The molecule has 1 saturated carbocycles. The van der Waals surface area contributed by atoms with Gasteiger partial charge in [-0.2, -0.15) is 0 Å². The third-order valence-corrected chi connectivity index (χ3v) is 4.32. The van der Waals surface area contributed by atoms with Crippen LogP contribution in [0.1, 0.15) is 31.6 Å². The smallest absolute Gasteiger partial charge is 0.137 e. The summed E-state index contributed by atoms with van der Waals surface area (Å²) in [7, 11) is 0. The largest absolute Gasteiger partial charge is 0.355 e. The number of nitrogens with zero attached hydrogens (tertiary/aromatic N) is 1. The van der Waals surface area contributed by atoms with E-state index in [2.05, 4.69) is 42.0 Å². The molecule has 0 amide bonds. The van der Waals surface area contributed by atoms with Crippen LogP contribution >= 0.6 is 0 Å². The van der Waals surface area contributed by atoms with Gasteiger partial charge in [0.05, 0.1) is 12.6 Å². The second-order valence-electron chi connectivity index (χ2n) is 5.51. The van der Waals surface area contributed by atoms with E-state index in [1.807, 2.05) is 6.07 Å². The molecular formula is C16H19NO. The Morgan fingerprint density at radius 1 is 1.39 bits per heavy atom. The first-order chi connectivity index (χ1) is 8.75. The lowest BCUT2D eigenvalue weighted by atomic mass is 9.96. The second-order valence-corrected chi connectivity index (χ2v) is 5.51. The van der Waals surface area contributed by atoms with E-state index in [-0.39, 0.29) is 6.23 Å². The average molecular weight is 241 g/mol. The fourth-order valence-electron chi connectivity index (χ4n) is 2.93. The Balaban J connectivity index is 1.85. The lowest BCUT2D eigenvalue weighted by Crippen LogP contribution is -2.47. The van der Waals surface area contributed by atoms with Crippen molar-refractivity contribution in [2.24, 2.45) is 5.41 Å². The lowest BCUT2D eigenvalue weighted by Gasteiger charge is -2.43. The zero-order valence-electron chi connectivity index (χ0n) is 10.8. The molecule has 1 aliphatic heterocycles. The van der Waals surface area contributed by atoms with Gasteiger partial charge in [-0.25, -0.2) is 0 Å². The predicted molar refractivity (Wildman–Crippen MR) is 71.8 cm³/mol. The third-order valence-electron chi connectivity index (χ3n) is 4.32. The number of ether oxygens (including phenoxy) is 1. The molecule has 3 rings (SSSR count). The van der Waals surface area contributed by atoms with Gasteiger partial charge in [0, 0.05) is 12.0 Å². The average Bonchev–Trinajstić information content (AvgIpc) is 3.16. The molecule has 2 atom stereocenters. The normalized spacial score (nSPS) is 30.0. The minimum absolute atomic E-state index is 0.0171. The first-order valence-electron chi connectivity index (χ1n) is 6.63. The van der Waals surface area contributed by atoms with E-state index in [9.17, 15) is 0 Å². The maximum Gasteiger partial charge on any atom is 0.137 e. The number of hydrogen-bond donors (Lipinski definition) is 0. The first-order valence-corrected chi connectivity index (χ1v) is 6.63. The van der Waals surface area contributed by atoms with Crippen molar-refractivity contribution in [3.05, 3.63) is 35.9 Å². The van der Waals surface area contributed by atoms with Crippen LogP contribution < -0.4 is 0 Å². The molecule has 0 aromatic heterocycles. The van der Waals surface area contributed by atoms with E-state index in [1.54, 1.807) is 0 Å². The summed E-state index contributed by atoms with van der Waals surface area (Å²) in [5, 5.41) is 0. The van der Waals surface area contributed by atoms with E-state index >= 15 is 0 Å². The molecule has 2 nitrogen and oxygen atoms in total. The van der Waals surface area contributed by atoms with Crippen LogP contribution in [0.4, 0.5) is 0 Å². The summed E-state index contributed by atoms with van der Waals surface area (Å²) in [6, 6.07) is 10.4. The molecule has 2 heteroatoms. The van der Waals surface area contributed by atoms with Gasteiger partial charge in [-0.3, -0.25) is 4.90 Å². The molecule has 0 N–H and O–H groups in total. The summed E-state index contributed by atoms with van der Waals surface area (Å²) in [6.45, 7) is 3.93. The maximum atomic E-state index is 6.25. The van der Waals surface area contributed by atoms with Gasteiger partial charge in [-0.05, 0) is 25.3 Å². The highest BCUT2D eigenvalue weighted by molar-refractivity contribution is 5.19. The first kappa shape index (κ1) is 11.8. The molecule has 1 aromatic rings. The topological polar surface area (TPSA) is 12.5 Å². The molecular weight excluding hydrogens is 222 g/mol. The number of terminal acetylenes is 1. The Hall–Kier alpha value is -1.30. The molecule has 94 valence electrons. The number of hydrogen-bond acceptors (Lipinski definition) is 2. The molecule has 2 aliphatic rings. The van der Waals surface area contributed by atoms with Crippen LogP contribution in [-0.2, 0) is 4.74 Å². The van der Waals surface area contributed by atoms with Crippen molar-refractivity contribution in [2.45, 2.75) is 32.1 Å². The standard InChI is InChI=1S/C16H19NO/c1-3-11-17-12-16(9-10-16)13(2)18-15(17)14-7-5-4-6-8-14/h1,4-8,13,15H,9-12H2,2H3. The quantitative estimate of drug-likeness (QED) is 0.738. The van der Waals surface area contributed by atoms with Crippen LogP contribution in [0.25, 0.3) is 0 Å². The van der Waals surface area contributed by atoms with Gasteiger partial charge < -0.3 is 4.74 Å². The van der Waals surface area contributed by atoms with Crippen molar-refractivity contribution in [2.75, 3.05) is 13.1 Å². The Morgan fingerprint density at radius 3 is 2.72 bits per heavy atom. The molecule has 18 heavy (non-hydrogen) atoms. The van der Waals surface area contributed by atoms with Crippen LogP contribution in [0.5, 0.6) is 0 Å². The van der Waals surface area contributed by atoms with Crippen LogP contribution in [0, 0.1) is 17.8 Å². The van der Waals surface area contributed by atoms with Crippen molar-refractivity contribution >= 4 is 0 Å². The van der Waals surface area contributed by atoms with E-state index in [1.165, 1.54) is 18.4 Å². The third kappa shape index (κ3) is 1.94. The summed E-state index contributed by atoms with van der Waals surface area (Å²) in [5.74, 6) is 2.76. The van der Waals surface area contributed by atoms with Gasteiger partial charge in [0.2, 0.25) is 0 Å². The van der Waals surface area contributed by atoms with Gasteiger partial charge in [0.25, 0.3) is 0 Å². The Morgan fingerprint density at radius 2 is 2.11 bits per heavy atom. The fourth-order valence-corrected chi connectivity index (χ4v) is 2.93. The molecule has 1 aliphatic carbocycles. The Kier molecular flexibility index (Phi) is 2.89. The summed E-state index contributed by atoms with van der Waals surface area (Å²) in [4.78, 5) is 2.29. The summed E-state index contributed by atoms with van der Waals surface area (Å²) < 4.78 is 6.25. The van der Waals surface area contributed by atoms with Gasteiger partial charge in [0.1, 0.15) is 6.23 Å². The van der Waals surface area contributed by atoms with Crippen LogP contribution in [0.3, 0.4) is 0 Å². The molecule has 1 spiro atoms. The van der Waals surface area contributed by atoms with E-state index in [4.69, 9.17) is 11.2 Å². The van der Waals surface area contributed by atoms with E-state index < -0.39 is 0 Å². The molecule has 1 saturated heterocycles. The lowest BCUT2D eigenvalue weighted by molar-refractivity contribution is -0.168. The second kappa shape index (κ2) is 4.42. The number of benzene rings is 1. The number of rotatable bonds is 2. The van der Waals surface area contributed by atoms with Gasteiger partial charge in [-0.15, -0.1) is 6.42 Å². The highest BCUT2D eigenvalue weighted by atomic mass is 16.5. The van der Waals surface area contributed by atoms with E-state index in [0.717, 1.165) is 6.54 Å². The summed E-state index contributed by atoms with van der Waals surface area (Å²) in [5.41, 5.74) is 1.58. The fraction of sp³-hybridized carbons (Fsp3) is 0.500. The monoisotopic (exact) mass is 241 g/mol. The van der Waals surface area contributed by atoms with Crippen LogP contribution in [0.2, 0.25) is 0 Å². The Labute approximate surface area is 109 Å². The van der Waals surface area contributed by atoms with Crippen LogP contribution in [0.15, 0.2) is 30.3 Å². The molecule has 0 bridgehead atoms. The van der Waals surface area contributed by atoms with Crippen molar-refractivity contribution in [1.29, 1.82) is 0 Å². The summed E-state index contributed by atoms with van der Waals surface area (Å²) >= 11 is 0. The van der Waals surface area contributed by atoms with Gasteiger partial charge in [0.15, 0.2) is 0 Å². The molecule has 0 radical (unpaired) electrons. The molecule has 1 heterocycles. The van der Waals surface area contributed by atoms with Gasteiger partial charge >= 0.3 is 0 Å². The van der Waals surface area contributed by atoms with Crippen molar-refractivity contribution in [3.63, 3.8) is 0 Å². The zero-order valence-corrected chi connectivity index (χ0v) is 10.8. The minimum Gasteiger partial charge on any atom is -0.355 e. The minimum atomic E-state index is 0.0171. The van der Waals surface area contributed by atoms with Crippen LogP contribution in [-0.4, -0.2) is 24.1 Å². The van der Waals surface area contributed by atoms with Crippen molar-refractivity contribution < 1.29 is 4.74 Å².